The Hall–Kier alpha value is -3.61. The molecule has 0 aliphatic heterocycles. The second kappa shape index (κ2) is 7.96. The zero-order valence-corrected chi connectivity index (χ0v) is 16.2. The van der Waals surface area contributed by atoms with Gasteiger partial charge in [0.2, 0.25) is 0 Å². The molecular formula is C21H22N4O3. The van der Waals surface area contributed by atoms with Crippen LogP contribution in [0.25, 0.3) is 11.3 Å². The van der Waals surface area contributed by atoms with Crippen LogP contribution in [0.2, 0.25) is 0 Å². The quantitative estimate of drug-likeness (QED) is 0.467. The molecular weight excluding hydrogens is 356 g/mol. The molecule has 0 aliphatic rings. The van der Waals surface area contributed by atoms with Crippen molar-refractivity contribution in [3.05, 3.63) is 64.8 Å². The van der Waals surface area contributed by atoms with Crippen LogP contribution in [0.3, 0.4) is 0 Å². The maximum absolute atomic E-state index is 12.4. The third kappa shape index (κ3) is 4.03. The molecule has 2 aromatic carbocycles. The van der Waals surface area contributed by atoms with E-state index in [0.29, 0.717) is 22.8 Å². The maximum atomic E-state index is 12.4. The summed E-state index contributed by atoms with van der Waals surface area (Å²) in [4.78, 5) is 12.4. The summed E-state index contributed by atoms with van der Waals surface area (Å²) < 4.78 is 5.09. The summed E-state index contributed by atoms with van der Waals surface area (Å²) in [6, 6.07) is 12.6. The average Bonchev–Trinajstić information content (AvgIpc) is 3.18. The Morgan fingerprint density at radius 2 is 1.93 bits per heavy atom. The van der Waals surface area contributed by atoms with Gasteiger partial charge in [-0.3, -0.25) is 9.89 Å². The third-order valence-corrected chi connectivity index (χ3v) is 4.55. The van der Waals surface area contributed by atoms with Crippen molar-refractivity contribution in [2.45, 2.75) is 20.8 Å². The van der Waals surface area contributed by atoms with E-state index < -0.39 is 5.91 Å². The van der Waals surface area contributed by atoms with Crippen LogP contribution in [0.5, 0.6) is 11.5 Å². The first kappa shape index (κ1) is 19.2. The van der Waals surface area contributed by atoms with Crippen molar-refractivity contribution in [1.82, 2.24) is 15.6 Å². The van der Waals surface area contributed by atoms with Crippen LogP contribution in [0.4, 0.5) is 0 Å². The zero-order valence-electron chi connectivity index (χ0n) is 16.2. The van der Waals surface area contributed by atoms with Crippen molar-refractivity contribution in [2.24, 2.45) is 5.10 Å². The highest BCUT2D eigenvalue weighted by Crippen LogP contribution is 2.26. The second-order valence-corrected chi connectivity index (χ2v) is 6.49. The van der Waals surface area contributed by atoms with E-state index in [1.165, 1.54) is 18.7 Å². The van der Waals surface area contributed by atoms with Gasteiger partial charge in [0.05, 0.1) is 18.5 Å². The zero-order chi connectivity index (χ0) is 20.3. The molecule has 7 nitrogen and oxygen atoms in total. The SMILES string of the molecule is COc1cc(/C(C)=N\NC(=O)c2cc(-c3ccc(C)c(C)c3)n[nH]2)ccc1O. The average molecular weight is 378 g/mol. The van der Waals surface area contributed by atoms with Gasteiger partial charge in [-0.1, -0.05) is 12.1 Å². The molecule has 0 saturated carbocycles. The molecule has 0 atom stereocenters. The van der Waals surface area contributed by atoms with Crippen LogP contribution in [-0.4, -0.2) is 34.0 Å². The number of aromatic amines is 1. The van der Waals surface area contributed by atoms with E-state index in [4.69, 9.17) is 4.74 Å². The van der Waals surface area contributed by atoms with Gasteiger partial charge in [-0.25, -0.2) is 5.43 Å². The molecule has 0 aliphatic carbocycles. The lowest BCUT2D eigenvalue weighted by molar-refractivity contribution is 0.0950. The lowest BCUT2D eigenvalue weighted by atomic mass is 10.0. The molecule has 28 heavy (non-hydrogen) atoms. The number of methoxy groups -OCH3 is 1. The molecule has 0 fully saturated rings. The Morgan fingerprint density at radius 3 is 2.64 bits per heavy atom. The third-order valence-electron chi connectivity index (χ3n) is 4.55. The number of nitrogens with one attached hydrogen (secondary N) is 2. The summed E-state index contributed by atoms with van der Waals surface area (Å²) in [7, 11) is 1.47. The van der Waals surface area contributed by atoms with Gasteiger partial charge in [-0.15, -0.1) is 0 Å². The maximum Gasteiger partial charge on any atom is 0.289 e. The molecule has 3 rings (SSSR count). The summed E-state index contributed by atoms with van der Waals surface area (Å²) in [5.74, 6) is -0.0166. The van der Waals surface area contributed by atoms with Crippen LogP contribution in [0, 0.1) is 13.8 Å². The number of hydrogen-bond acceptors (Lipinski definition) is 5. The molecule has 1 heterocycles. The number of hydrazone groups is 1. The number of benzene rings is 2. The minimum absolute atomic E-state index is 0.0411. The van der Waals surface area contributed by atoms with Gasteiger partial charge in [0.1, 0.15) is 5.69 Å². The number of carbonyl (C=O) groups excluding carboxylic acids is 1. The summed E-state index contributed by atoms with van der Waals surface area (Å²) in [5.41, 5.74) is 8.11. The predicted octanol–water partition coefficient (Wildman–Crippen LogP) is 3.56. The number of rotatable bonds is 5. The van der Waals surface area contributed by atoms with Gasteiger partial charge >= 0.3 is 0 Å². The van der Waals surface area contributed by atoms with E-state index in [2.05, 4.69) is 20.7 Å². The van der Waals surface area contributed by atoms with Crippen LogP contribution in [-0.2, 0) is 0 Å². The van der Waals surface area contributed by atoms with Crippen LogP contribution in [0.1, 0.15) is 34.1 Å². The van der Waals surface area contributed by atoms with Gasteiger partial charge in [-0.05, 0) is 62.2 Å². The Labute approximate surface area is 163 Å². The number of hydrogen-bond donors (Lipinski definition) is 3. The molecule has 144 valence electrons. The lowest BCUT2D eigenvalue weighted by Gasteiger charge is -2.06. The van der Waals surface area contributed by atoms with Crippen molar-refractivity contribution >= 4 is 11.6 Å². The summed E-state index contributed by atoms with van der Waals surface area (Å²) >= 11 is 0. The highest BCUT2D eigenvalue weighted by atomic mass is 16.5. The Kier molecular flexibility index (Phi) is 5.44. The van der Waals surface area contributed by atoms with E-state index in [0.717, 1.165) is 16.7 Å². The van der Waals surface area contributed by atoms with E-state index in [9.17, 15) is 9.90 Å². The van der Waals surface area contributed by atoms with Gasteiger partial charge in [0.25, 0.3) is 5.91 Å². The Morgan fingerprint density at radius 1 is 1.14 bits per heavy atom. The number of phenolic OH excluding ortho intramolecular Hbond substituents is 1. The highest BCUT2D eigenvalue weighted by molar-refractivity contribution is 6.01. The fraction of sp³-hybridized carbons (Fsp3) is 0.190. The fourth-order valence-electron chi connectivity index (χ4n) is 2.65. The van der Waals surface area contributed by atoms with E-state index in [1.807, 2.05) is 32.0 Å². The van der Waals surface area contributed by atoms with Crippen molar-refractivity contribution in [3.63, 3.8) is 0 Å². The molecule has 1 amide bonds. The lowest BCUT2D eigenvalue weighted by Crippen LogP contribution is -2.19. The number of carbonyl (C=O) groups is 1. The second-order valence-electron chi connectivity index (χ2n) is 6.49. The highest BCUT2D eigenvalue weighted by Gasteiger charge is 2.12. The summed E-state index contributed by atoms with van der Waals surface area (Å²) in [5, 5.41) is 20.7. The molecule has 0 radical (unpaired) electrons. The largest absolute Gasteiger partial charge is 0.504 e. The standard InChI is InChI=1S/C21H22N4O3/c1-12-5-6-16(9-13(12)2)17-11-18(24-23-17)21(27)25-22-14(3)15-7-8-19(26)20(10-15)28-4/h5-11,26H,1-4H3,(H,23,24)(H,25,27)/b22-14-. The number of nitrogens with zero attached hydrogens (tertiary/aromatic N) is 2. The molecule has 0 spiro atoms. The molecule has 7 heteroatoms. The number of ether oxygens (including phenoxy) is 1. The first-order valence-corrected chi connectivity index (χ1v) is 8.74. The Bertz CT molecular complexity index is 1050. The Balaban J connectivity index is 1.74. The van der Waals surface area contributed by atoms with Crippen LogP contribution < -0.4 is 10.2 Å². The van der Waals surface area contributed by atoms with E-state index in [-0.39, 0.29) is 5.75 Å². The van der Waals surface area contributed by atoms with Crippen molar-refractivity contribution in [1.29, 1.82) is 0 Å². The van der Waals surface area contributed by atoms with Crippen molar-refractivity contribution in [2.75, 3.05) is 7.11 Å². The van der Waals surface area contributed by atoms with Gasteiger partial charge in [-0.2, -0.15) is 10.2 Å². The number of phenols is 1. The molecule has 0 unspecified atom stereocenters. The summed E-state index contributed by atoms with van der Waals surface area (Å²) in [6.07, 6.45) is 0. The summed E-state index contributed by atoms with van der Waals surface area (Å²) in [6.45, 7) is 5.83. The van der Waals surface area contributed by atoms with Crippen molar-refractivity contribution in [3.8, 4) is 22.8 Å². The van der Waals surface area contributed by atoms with Gasteiger partial charge in [0.15, 0.2) is 11.5 Å². The minimum Gasteiger partial charge on any atom is -0.504 e. The smallest absolute Gasteiger partial charge is 0.289 e. The topological polar surface area (TPSA) is 99.6 Å². The number of aromatic hydroxyl groups is 1. The van der Waals surface area contributed by atoms with Crippen LogP contribution >= 0.6 is 0 Å². The monoisotopic (exact) mass is 378 g/mol. The molecule has 3 N–H and O–H groups in total. The van der Waals surface area contributed by atoms with Gasteiger partial charge in [0, 0.05) is 11.1 Å². The predicted molar refractivity (Wildman–Crippen MR) is 108 cm³/mol. The number of H-pyrrole nitrogens is 1. The van der Waals surface area contributed by atoms with Crippen LogP contribution in [0.15, 0.2) is 47.6 Å². The fourth-order valence-corrected chi connectivity index (χ4v) is 2.65. The van der Waals surface area contributed by atoms with E-state index in [1.54, 1.807) is 25.1 Å². The number of aryl methyl sites for hydroxylation is 2. The molecule has 0 bridgehead atoms. The minimum atomic E-state index is -0.396. The molecule has 3 aromatic rings. The normalized spacial score (nSPS) is 11.4. The first-order valence-electron chi connectivity index (χ1n) is 8.74. The molecule has 0 saturated heterocycles. The number of aromatic nitrogens is 2. The van der Waals surface area contributed by atoms with Crippen molar-refractivity contribution < 1.29 is 14.6 Å². The van der Waals surface area contributed by atoms with E-state index >= 15 is 0 Å². The molecule has 1 aromatic heterocycles. The number of amides is 1. The first-order chi connectivity index (χ1) is 13.4. The van der Waals surface area contributed by atoms with Gasteiger partial charge < -0.3 is 9.84 Å².